The number of nitrogens with one attached hydrogen (secondary N) is 1. The van der Waals surface area contributed by atoms with Gasteiger partial charge in [0.2, 0.25) is 11.8 Å². The van der Waals surface area contributed by atoms with Crippen LogP contribution in [0.3, 0.4) is 0 Å². The maximum atomic E-state index is 12.4. The van der Waals surface area contributed by atoms with E-state index in [9.17, 15) is 9.59 Å². The molecular formula is C27H30N4O2S. The molecule has 1 aromatic heterocycles. The molecular weight excluding hydrogens is 444 g/mol. The van der Waals surface area contributed by atoms with Crippen molar-refractivity contribution in [2.24, 2.45) is 5.92 Å². The van der Waals surface area contributed by atoms with Gasteiger partial charge >= 0.3 is 0 Å². The third-order valence-electron chi connectivity index (χ3n) is 5.80. The number of hydrogen-bond acceptors (Lipinski definition) is 5. The number of piperidine rings is 1. The Labute approximate surface area is 204 Å². The number of benzene rings is 2. The van der Waals surface area contributed by atoms with Gasteiger partial charge < -0.3 is 5.32 Å². The predicted molar refractivity (Wildman–Crippen MR) is 139 cm³/mol. The maximum absolute atomic E-state index is 12.4. The van der Waals surface area contributed by atoms with Gasteiger partial charge in [-0.05, 0) is 61.2 Å². The highest BCUT2D eigenvalue weighted by molar-refractivity contribution is 7.14. The van der Waals surface area contributed by atoms with Crippen LogP contribution in [0.25, 0.3) is 6.08 Å². The summed E-state index contributed by atoms with van der Waals surface area (Å²) in [6, 6.07) is 17.4. The Morgan fingerprint density at radius 2 is 1.94 bits per heavy atom. The van der Waals surface area contributed by atoms with Crippen molar-refractivity contribution in [3.63, 3.8) is 0 Å². The summed E-state index contributed by atoms with van der Waals surface area (Å²) in [7, 11) is 0. The monoisotopic (exact) mass is 474 g/mol. The van der Waals surface area contributed by atoms with Gasteiger partial charge in [0.25, 0.3) is 0 Å². The van der Waals surface area contributed by atoms with Crippen molar-refractivity contribution in [2.75, 3.05) is 23.3 Å². The molecule has 7 heteroatoms. The first kappa shape index (κ1) is 23.9. The Morgan fingerprint density at radius 3 is 2.65 bits per heavy atom. The molecule has 0 bridgehead atoms. The molecule has 176 valence electrons. The lowest BCUT2D eigenvalue weighted by Crippen LogP contribution is -2.33. The lowest BCUT2D eigenvalue weighted by Gasteiger charge is -2.30. The fourth-order valence-electron chi connectivity index (χ4n) is 4.19. The molecule has 2 heterocycles. The Hall–Kier alpha value is -3.29. The highest BCUT2D eigenvalue weighted by atomic mass is 32.1. The Kier molecular flexibility index (Phi) is 7.87. The van der Waals surface area contributed by atoms with Crippen molar-refractivity contribution in [2.45, 2.75) is 33.2 Å². The van der Waals surface area contributed by atoms with E-state index in [-0.39, 0.29) is 11.8 Å². The first-order valence-corrected chi connectivity index (χ1v) is 12.5. The topological polar surface area (TPSA) is 65.5 Å². The summed E-state index contributed by atoms with van der Waals surface area (Å²) in [5, 5.41) is 5.29. The van der Waals surface area contributed by atoms with Crippen molar-refractivity contribution in [1.82, 2.24) is 9.88 Å². The molecule has 2 aromatic carbocycles. The Balaban J connectivity index is 1.33. The second kappa shape index (κ2) is 11.2. The number of amides is 2. The second-order valence-corrected chi connectivity index (χ2v) is 9.58. The SMILES string of the molecule is CC(=O)N(c1ccccc1)c1nc(C=CC(=O)Nc2ccc(CN3CCCC(C)C3)cc2)cs1. The van der Waals surface area contributed by atoms with E-state index in [1.807, 2.05) is 47.8 Å². The number of thiazole rings is 1. The largest absolute Gasteiger partial charge is 0.323 e. The van der Waals surface area contributed by atoms with Crippen LogP contribution in [0.5, 0.6) is 0 Å². The number of nitrogens with zero attached hydrogens (tertiary/aromatic N) is 3. The molecule has 0 radical (unpaired) electrons. The lowest BCUT2D eigenvalue weighted by atomic mass is 10.00. The van der Waals surface area contributed by atoms with Gasteiger partial charge in [0.1, 0.15) is 0 Å². The van der Waals surface area contributed by atoms with Gasteiger partial charge in [0, 0.05) is 37.2 Å². The summed E-state index contributed by atoms with van der Waals surface area (Å²) < 4.78 is 0. The van der Waals surface area contributed by atoms with Crippen molar-refractivity contribution < 1.29 is 9.59 Å². The van der Waals surface area contributed by atoms with E-state index in [4.69, 9.17) is 0 Å². The number of aromatic nitrogens is 1. The van der Waals surface area contributed by atoms with Crippen LogP contribution in [0.1, 0.15) is 37.9 Å². The molecule has 1 N–H and O–H groups in total. The number of carbonyl (C=O) groups excluding carboxylic acids is 2. The first-order valence-electron chi connectivity index (χ1n) is 11.6. The summed E-state index contributed by atoms with van der Waals surface area (Å²) in [6.07, 6.45) is 5.70. The highest BCUT2D eigenvalue weighted by Gasteiger charge is 2.17. The van der Waals surface area contributed by atoms with Gasteiger partial charge in [-0.15, -0.1) is 11.3 Å². The zero-order valence-corrected chi connectivity index (χ0v) is 20.4. The van der Waals surface area contributed by atoms with Gasteiger partial charge in [-0.3, -0.25) is 19.4 Å². The van der Waals surface area contributed by atoms with Crippen molar-refractivity contribution in [3.8, 4) is 0 Å². The van der Waals surface area contributed by atoms with Crippen molar-refractivity contribution >= 4 is 45.7 Å². The third kappa shape index (κ3) is 6.40. The minimum Gasteiger partial charge on any atom is -0.323 e. The van der Waals surface area contributed by atoms with Crippen LogP contribution in [0.15, 0.2) is 66.1 Å². The summed E-state index contributed by atoms with van der Waals surface area (Å²) >= 11 is 1.36. The molecule has 0 saturated carbocycles. The van der Waals surface area contributed by atoms with E-state index in [2.05, 4.69) is 34.3 Å². The van der Waals surface area contributed by atoms with E-state index in [0.29, 0.717) is 10.8 Å². The van der Waals surface area contributed by atoms with E-state index in [1.165, 1.54) is 42.7 Å². The fourth-order valence-corrected chi connectivity index (χ4v) is 5.04. The quantitative estimate of drug-likeness (QED) is 0.445. The molecule has 1 fully saturated rings. The van der Waals surface area contributed by atoms with Gasteiger partial charge in [0.05, 0.1) is 11.4 Å². The van der Waals surface area contributed by atoms with Gasteiger partial charge in [-0.2, -0.15) is 0 Å². The minimum atomic E-state index is -0.223. The number of para-hydroxylation sites is 1. The standard InChI is InChI=1S/C27H30N4O2S/c1-20-7-6-16-30(17-20)18-22-10-12-23(13-11-22)28-26(33)15-14-24-19-34-27(29-24)31(21(2)32)25-8-4-3-5-9-25/h3-5,8-15,19-20H,6-7,16-18H2,1-2H3,(H,28,33). The molecule has 1 aliphatic rings. The maximum Gasteiger partial charge on any atom is 0.248 e. The Morgan fingerprint density at radius 1 is 1.18 bits per heavy atom. The van der Waals surface area contributed by atoms with Crippen LogP contribution >= 0.6 is 11.3 Å². The molecule has 3 aromatic rings. The van der Waals surface area contributed by atoms with Gasteiger partial charge in [0.15, 0.2) is 5.13 Å². The number of carbonyl (C=O) groups is 2. The van der Waals surface area contributed by atoms with Crippen LogP contribution in [-0.2, 0) is 16.1 Å². The summed E-state index contributed by atoms with van der Waals surface area (Å²) in [5.41, 5.74) is 3.40. The molecule has 1 saturated heterocycles. The molecule has 1 unspecified atom stereocenters. The average Bonchev–Trinajstić information content (AvgIpc) is 3.28. The molecule has 0 spiro atoms. The molecule has 0 aliphatic carbocycles. The van der Waals surface area contributed by atoms with Crippen LogP contribution in [-0.4, -0.2) is 34.8 Å². The zero-order chi connectivity index (χ0) is 23.9. The molecule has 2 amide bonds. The van der Waals surface area contributed by atoms with Crippen LogP contribution in [0, 0.1) is 5.92 Å². The molecule has 1 atom stereocenters. The molecule has 34 heavy (non-hydrogen) atoms. The van der Waals surface area contributed by atoms with E-state index in [0.717, 1.165) is 36.9 Å². The highest BCUT2D eigenvalue weighted by Crippen LogP contribution is 2.29. The number of hydrogen-bond donors (Lipinski definition) is 1. The van der Waals surface area contributed by atoms with E-state index >= 15 is 0 Å². The fraction of sp³-hybridized carbons (Fsp3) is 0.296. The first-order chi connectivity index (χ1) is 16.5. The number of rotatable bonds is 7. The second-order valence-electron chi connectivity index (χ2n) is 8.75. The van der Waals surface area contributed by atoms with Gasteiger partial charge in [-0.25, -0.2) is 4.98 Å². The average molecular weight is 475 g/mol. The van der Waals surface area contributed by atoms with Crippen LogP contribution in [0.4, 0.5) is 16.5 Å². The van der Waals surface area contributed by atoms with Crippen molar-refractivity contribution in [3.05, 3.63) is 77.3 Å². The predicted octanol–water partition coefficient (Wildman–Crippen LogP) is 5.71. The van der Waals surface area contributed by atoms with Crippen LogP contribution < -0.4 is 10.2 Å². The summed E-state index contributed by atoms with van der Waals surface area (Å²) in [6.45, 7) is 7.08. The third-order valence-corrected chi connectivity index (χ3v) is 6.65. The molecule has 1 aliphatic heterocycles. The van der Waals surface area contributed by atoms with Gasteiger partial charge in [-0.1, -0.05) is 37.3 Å². The van der Waals surface area contributed by atoms with E-state index in [1.54, 1.807) is 11.0 Å². The molecule has 4 rings (SSSR count). The summed E-state index contributed by atoms with van der Waals surface area (Å²) in [5.74, 6) is 0.419. The lowest BCUT2D eigenvalue weighted by molar-refractivity contribution is -0.116. The molecule has 6 nitrogen and oxygen atoms in total. The Bertz CT molecular complexity index is 1140. The van der Waals surface area contributed by atoms with E-state index < -0.39 is 0 Å². The number of anilines is 3. The minimum absolute atomic E-state index is 0.118. The summed E-state index contributed by atoms with van der Waals surface area (Å²) in [4.78, 5) is 33.2. The zero-order valence-electron chi connectivity index (χ0n) is 19.6. The van der Waals surface area contributed by atoms with Crippen LogP contribution in [0.2, 0.25) is 0 Å². The normalized spacial score (nSPS) is 16.5. The smallest absolute Gasteiger partial charge is 0.248 e. The van der Waals surface area contributed by atoms with Crippen molar-refractivity contribution in [1.29, 1.82) is 0 Å². The number of likely N-dealkylation sites (tertiary alicyclic amines) is 1.